The Hall–Kier alpha value is -1.88. The van der Waals surface area contributed by atoms with Crippen molar-refractivity contribution in [3.8, 4) is 17.0 Å². The number of esters is 1. The molecule has 0 saturated heterocycles. The zero-order valence-electron chi connectivity index (χ0n) is 10.8. The van der Waals surface area contributed by atoms with Crippen molar-refractivity contribution >= 4 is 17.3 Å². The molecule has 1 heterocycles. The van der Waals surface area contributed by atoms with Crippen LogP contribution in [-0.4, -0.2) is 23.2 Å². The molecule has 1 N–H and O–H groups in total. The van der Waals surface area contributed by atoms with Crippen LogP contribution in [0.1, 0.15) is 24.3 Å². The molecule has 0 amide bonds. The van der Waals surface area contributed by atoms with Crippen molar-refractivity contribution in [3.05, 3.63) is 34.7 Å². The minimum atomic E-state index is -0.228. The normalized spacial score (nSPS) is 12.1. The molecule has 100 valence electrons. The SMILES string of the molecule is COC(=O)C[C@@H](C)c1nc(-c2ccc(O)cc2)cs1. The Bertz CT molecular complexity index is 562. The van der Waals surface area contributed by atoms with Gasteiger partial charge in [-0.1, -0.05) is 6.92 Å². The number of hydrogen-bond donors (Lipinski definition) is 1. The van der Waals surface area contributed by atoms with E-state index in [1.807, 2.05) is 24.4 Å². The number of methoxy groups -OCH3 is 1. The number of ether oxygens (including phenoxy) is 1. The molecule has 0 aliphatic rings. The molecule has 19 heavy (non-hydrogen) atoms. The van der Waals surface area contributed by atoms with E-state index in [0.29, 0.717) is 6.42 Å². The van der Waals surface area contributed by atoms with E-state index in [2.05, 4.69) is 9.72 Å². The van der Waals surface area contributed by atoms with Crippen molar-refractivity contribution in [3.63, 3.8) is 0 Å². The summed E-state index contributed by atoms with van der Waals surface area (Å²) in [6.45, 7) is 1.95. The van der Waals surface area contributed by atoms with Gasteiger partial charge in [-0.05, 0) is 24.3 Å². The molecule has 0 bridgehead atoms. The van der Waals surface area contributed by atoms with Gasteiger partial charge in [-0.2, -0.15) is 0 Å². The van der Waals surface area contributed by atoms with E-state index < -0.39 is 0 Å². The number of benzene rings is 1. The Morgan fingerprint density at radius 3 is 2.74 bits per heavy atom. The van der Waals surface area contributed by atoms with Gasteiger partial charge in [0.1, 0.15) is 5.75 Å². The summed E-state index contributed by atoms with van der Waals surface area (Å²) in [4.78, 5) is 15.8. The lowest BCUT2D eigenvalue weighted by atomic mass is 10.1. The number of carbonyl (C=O) groups is 1. The fourth-order valence-corrected chi connectivity index (χ4v) is 2.59. The Morgan fingerprint density at radius 1 is 1.42 bits per heavy atom. The maximum absolute atomic E-state index is 11.2. The lowest BCUT2D eigenvalue weighted by Gasteiger charge is -2.05. The Morgan fingerprint density at radius 2 is 2.11 bits per heavy atom. The number of nitrogens with zero attached hydrogens (tertiary/aromatic N) is 1. The molecule has 0 spiro atoms. The van der Waals surface area contributed by atoms with Gasteiger partial charge in [-0.15, -0.1) is 11.3 Å². The van der Waals surface area contributed by atoms with Gasteiger partial charge in [-0.25, -0.2) is 4.98 Å². The highest BCUT2D eigenvalue weighted by molar-refractivity contribution is 7.10. The monoisotopic (exact) mass is 277 g/mol. The predicted molar refractivity (Wildman–Crippen MR) is 74.3 cm³/mol. The van der Waals surface area contributed by atoms with E-state index in [0.717, 1.165) is 16.3 Å². The number of phenols is 1. The third-order valence-electron chi connectivity index (χ3n) is 2.81. The second kappa shape index (κ2) is 5.84. The first kappa shape index (κ1) is 13.5. The Labute approximate surface area is 115 Å². The summed E-state index contributed by atoms with van der Waals surface area (Å²) < 4.78 is 4.66. The summed E-state index contributed by atoms with van der Waals surface area (Å²) in [6, 6.07) is 6.90. The fraction of sp³-hybridized carbons (Fsp3) is 0.286. The number of hydrogen-bond acceptors (Lipinski definition) is 5. The van der Waals surface area contributed by atoms with Crippen molar-refractivity contribution in [1.82, 2.24) is 4.98 Å². The van der Waals surface area contributed by atoms with Gasteiger partial charge in [-0.3, -0.25) is 4.79 Å². The van der Waals surface area contributed by atoms with Crippen LogP contribution in [-0.2, 0) is 9.53 Å². The number of thiazole rings is 1. The van der Waals surface area contributed by atoms with Crippen molar-refractivity contribution < 1.29 is 14.6 Å². The van der Waals surface area contributed by atoms with Gasteiger partial charge in [0.2, 0.25) is 0 Å². The maximum atomic E-state index is 11.2. The van der Waals surface area contributed by atoms with Crippen molar-refractivity contribution in [2.45, 2.75) is 19.3 Å². The highest BCUT2D eigenvalue weighted by Gasteiger charge is 2.15. The summed E-state index contributed by atoms with van der Waals surface area (Å²) in [5.74, 6) is 0.0514. The summed E-state index contributed by atoms with van der Waals surface area (Å²) in [6.07, 6.45) is 0.332. The molecule has 0 aliphatic carbocycles. The maximum Gasteiger partial charge on any atom is 0.306 e. The lowest BCUT2D eigenvalue weighted by Crippen LogP contribution is -2.05. The van der Waals surface area contributed by atoms with Gasteiger partial charge < -0.3 is 9.84 Å². The van der Waals surface area contributed by atoms with E-state index in [4.69, 9.17) is 0 Å². The molecule has 0 radical (unpaired) electrons. The van der Waals surface area contributed by atoms with Crippen LogP contribution in [0.15, 0.2) is 29.6 Å². The van der Waals surface area contributed by atoms with E-state index >= 15 is 0 Å². The largest absolute Gasteiger partial charge is 0.508 e. The van der Waals surface area contributed by atoms with E-state index in [9.17, 15) is 9.90 Å². The van der Waals surface area contributed by atoms with Crippen molar-refractivity contribution in [2.24, 2.45) is 0 Å². The van der Waals surface area contributed by atoms with E-state index in [1.165, 1.54) is 18.4 Å². The van der Waals surface area contributed by atoms with E-state index in [-0.39, 0.29) is 17.6 Å². The quantitative estimate of drug-likeness (QED) is 0.872. The zero-order valence-corrected chi connectivity index (χ0v) is 11.6. The average molecular weight is 277 g/mol. The van der Waals surface area contributed by atoms with Crippen LogP contribution in [0.3, 0.4) is 0 Å². The molecular formula is C14H15NO3S. The predicted octanol–water partition coefficient (Wildman–Crippen LogP) is 3.18. The Kier molecular flexibility index (Phi) is 4.16. The van der Waals surface area contributed by atoms with Crippen LogP contribution in [0, 0.1) is 0 Å². The van der Waals surface area contributed by atoms with Gasteiger partial charge in [0.25, 0.3) is 0 Å². The molecule has 0 saturated carbocycles. The molecule has 2 rings (SSSR count). The second-order valence-electron chi connectivity index (χ2n) is 4.30. The first-order chi connectivity index (χ1) is 9.10. The van der Waals surface area contributed by atoms with Crippen LogP contribution in [0.2, 0.25) is 0 Å². The molecule has 4 nitrogen and oxygen atoms in total. The van der Waals surface area contributed by atoms with Gasteiger partial charge in [0, 0.05) is 16.9 Å². The fourth-order valence-electron chi connectivity index (χ4n) is 1.70. The summed E-state index contributed by atoms with van der Waals surface area (Å²) in [5, 5.41) is 12.1. The van der Waals surface area contributed by atoms with Crippen LogP contribution in [0.25, 0.3) is 11.3 Å². The minimum Gasteiger partial charge on any atom is -0.508 e. The summed E-state index contributed by atoms with van der Waals surface area (Å²) >= 11 is 1.53. The number of carbonyl (C=O) groups excluding carboxylic acids is 1. The topological polar surface area (TPSA) is 59.4 Å². The molecule has 0 unspecified atom stereocenters. The minimum absolute atomic E-state index is 0.0447. The van der Waals surface area contributed by atoms with Gasteiger partial charge in [0.15, 0.2) is 0 Å². The first-order valence-electron chi connectivity index (χ1n) is 5.92. The standard InChI is InChI=1S/C14H15NO3S/c1-9(7-13(17)18-2)14-15-12(8-19-14)10-3-5-11(16)6-4-10/h3-6,8-9,16H,7H2,1-2H3/t9-/m1/s1. The molecular weight excluding hydrogens is 262 g/mol. The molecule has 0 fully saturated rings. The summed E-state index contributed by atoms with van der Waals surface area (Å²) in [7, 11) is 1.39. The smallest absolute Gasteiger partial charge is 0.306 e. The molecule has 2 aromatic rings. The first-order valence-corrected chi connectivity index (χ1v) is 6.79. The Balaban J connectivity index is 2.14. The van der Waals surface area contributed by atoms with E-state index in [1.54, 1.807) is 12.1 Å². The van der Waals surface area contributed by atoms with Gasteiger partial charge in [0.05, 0.1) is 24.2 Å². The average Bonchev–Trinajstić information content (AvgIpc) is 2.89. The molecule has 0 aliphatic heterocycles. The van der Waals surface area contributed by atoms with Crippen LogP contribution >= 0.6 is 11.3 Å². The summed E-state index contributed by atoms with van der Waals surface area (Å²) in [5.41, 5.74) is 1.81. The highest BCUT2D eigenvalue weighted by Crippen LogP contribution is 2.28. The van der Waals surface area contributed by atoms with Crippen LogP contribution in [0.4, 0.5) is 0 Å². The number of aromatic nitrogens is 1. The van der Waals surface area contributed by atoms with Crippen molar-refractivity contribution in [2.75, 3.05) is 7.11 Å². The number of rotatable bonds is 4. The molecule has 1 atom stereocenters. The highest BCUT2D eigenvalue weighted by atomic mass is 32.1. The lowest BCUT2D eigenvalue weighted by molar-refractivity contribution is -0.140. The third kappa shape index (κ3) is 3.32. The van der Waals surface area contributed by atoms with Gasteiger partial charge >= 0.3 is 5.97 Å². The third-order valence-corrected chi connectivity index (χ3v) is 3.88. The second-order valence-corrected chi connectivity index (χ2v) is 5.19. The van der Waals surface area contributed by atoms with Crippen LogP contribution < -0.4 is 0 Å². The van der Waals surface area contributed by atoms with Crippen molar-refractivity contribution in [1.29, 1.82) is 0 Å². The zero-order chi connectivity index (χ0) is 13.8. The molecule has 1 aromatic carbocycles. The number of phenolic OH excluding ortho intramolecular Hbond substituents is 1. The van der Waals surface area contributed by atoms with Crippen LogP contribution in [0.5, 0.6) is 5.75 Å². The molecule has 5 heteroatoms. The number of aromatic hydroxyl groups is 1. The molecule has 1 aromatic heterocycles.